The SMILES string of the molecule is COc1ccc(CNc2nnc(SCC(=O)N3CCC[C@H]3c3ccc4c(c3)OCCO4)s2)cc1. The van der Waals surface area contributed by atoms with Crippen LogP contribution < -0.4 is 19.5 Å². The van der Waals surface area contributed by atoms with Gasteiger partial charge < -0.3 is 24.4 Å². The Hall–Kier alpha value is -2.98. The molecule has 10 heteroatoms. The van der Waals surface area contributed by atoms with Gasteiger partial charge in [0, 0.05) is 13.1 Å². The summed E-state index contributed by atoms with van der Waals surface area (Å²) in [6, 6.07) is 14.0. The number of fused-ring (bicyclic) bond motifs is 1. The molecule has 3 aromatic rings. The zero-order valence-corrected chi connectivity index (χ0v) is 20.5. The van der Waals surface area contributed by atoms with Crippen LogP contribution in [0.3, 0.4) is 0 Å². The Morgan fingerprint density at radius 1 is 1.18 bits per heavy atom. The highest BCUT2D eigenvalue weighted by Crippen LogP contribution is 2.38. The minimum atomic E-state index is 0.0695. The van der Waals surface area contributed by atoms with Crippen LogP contribution in [0.5, 0.6) is 17.2 Å². The second-order valence-corrected chi connectivity index (χ2v) is 10.2. The number of anilines is 1. The number of thioether (sulfide) groups is 1. The van der Waals surface area contributed by atoms with E-state index < -0.39 is 0 Å². The van der Waals surface area contributed by atoms with Crippen molar-refractivity contribution in [1.82, 2.24) is 15.1 Å². The lowest BCUT2D eigenvalue weighted by Crippen LogP contribution is -2.32. The number of aromatic nitrogens is 2. The van der Waals surface area contributed by atoms with Crippen LogP contribution in [0.1, 0.15) is 30.0 Å². The maximum Gasteiger partial charge on any atom is 0.233 e. The Labute approximate surface area is 206 Å². The zero-order chi connectivity index (χ0) is 23.3. The van der Waals surface area contributed by atoms with Crippen LogP contribution in [-0.4, -0.2) is 53.6 Å². The minimum Gasteiger partial charge on any atom is -0.497 e. The summed E-state index contributed by atoms with van der Waals surface area (Å²) < 4.78 is 17.3. The topological polar surface area (TPSA) is 85.8 Å². The number of hydrogen-bond donors (Lipinski definition) is 1. The van der Waals surface area contributed by atoms with Crippen molar-refractivity contribution in [2.45, 2.75) is 29.8 Å². The molecule has 0 aliphatic carbocycles. The molecule has 1 saturated heterocycles. The van der Waals surface area contributed by atoms with Crippen LogP contribution in [0.2, 0.25) is 0 Å². The molecule has 34 heavy (non-hydrogen) atoms. The van der Waals surface area contributed by atoms with Crippen LogP contribution in [0.15, 0.2) is 46.8 Å². The fourth-order valence-corrected chi connectivity index (χ4v) is 5.78. The van der Waals surface area contributed by atoms with E-state index in [1.165, 1.54) is 23.1 Å². The smallest absolute Gasteiger partial charge is 0.233 e. The molecule has 3 heterocycles. The second kappa shape index (κ2) is 10.5. The third-order valence-corrected chi connectivity index (χ3v) is 7.85. The number of carbonyl (C=O) groups is 1. The molecule has 0 radical (unpaired) electrons. The maximum absolute atomic E-state index is 13.0. The summed E-state index contributed by atoms with van der Waals surface area (Å²) in [5.41, 5.74) is 2.22. The molecular weight excluding hydrogens is 472 g/mol. The summed E-state index contributed by atoms with van der Waals surface area (Å²) in [7, 11) is 1.65. The van der Waals surface area contributed by atoms with Gasteiger partial charge in [0.05, 0.1) is 18.9 Å². The van der Waals surface area contributed by atoms with Gasteiger partial charge in [0.2, 0.25) is 11.0 Å². The van der Waals surface area contributed by atoms with Crippen LogP contribution >= 0.6 is 23.1 Å². The first-order chi connectivity index (χ1) is 16.7. The number of rotatable bonds is 8. The molecule has 1 fully saturated rings. The van der Waals surface area contributed by atoms with Crippen molar-refractivity contribution in [3.05, 3.63) is 53.6 Å². The highest BCUT2D eigenvalue weighted by molar-refractivity contribution is 8.01. The fraction of sp³-hybridized carbons (Fsp3) is 0.375. The number of likely N-dealkylation sites (tertiary alicyclic amines) is 1. The Morgan fingerprint density at radius 2 is 2.00 bits per heavy atom. The molecule has 5 rings (SSSR count). The van der Waals surface area contributed by atoms with Gasteiger partial charge in [-0.15, -0.1) is 10.2 Å². The van der Waals surface area contributed by atoms with E-state index in [2.05, 4.69) is 15.5 Å². The van der Waals surface area contributed by atoms with Crippen LogP contribution in [0, 0.1) is 0 Å². The Balaban J connectivity index is 1.14. The van der Waals surface area contributed by atoms with Gasteiger partial charge in [-0.25, -0.2) is 0 Å². The third kappa shape index (κ3) is 5.23. The standard InChI is InChI=1S/C24H26N4O4S2/c1-30-18-7-4-16(5-8-18)14-25-23-26-27-24(34-23)33-15-22(29)28-10-2-3-19(28)17-6-9-20-21(13-17)32-12-11-31-20/h4-9,13,19H,2-3,10-12,14-15H2,1H3,(H,25,26)/t19-/m0/s1. The summed E-state index contributed by atoms with van der Waals surface area (Å²) in [6.07, 6.45) is 1.95. The molecule has 178 valence electrons. The predicted octanol–water partition coefficient (Wildman–Crippen LogP) is 4.39. The molecule has 2 aromatic carbocycles. The predicted molar refractivity (Wildman–Crippen MR) is 132 cm³/mol. The lowest BCUT2D eigenvalue weighted by atomic mass is 10.0. The number of nitrogens with one attached hydrogen (secondary N) is 1. The average molecular weight is 499 g/mol. The highest BCUT2D eigenvalue weighted by Gasteiger charge is 2.31. The number of carbonyl (C=O) groups excluding carboxylic acids is 1. The lowest BCUT2D eigenvalue weighted by Gasteiger charge is -2.26. The van der Waals surface area contributed by atoms with Gasteiger partial charge >= 0.3 is 0 Å². The largest absolute Gasteiger partial charge is 0.497 e. The van der Waals surface area contributed by atoms with Gasteiger partial charge in [0.15, 0.2) is 15.8 Å². The number of ether oxygens (including phenoxy) is 3. The summed E-state index contributed by atoms with van der Waals surface area (Å²) in [6.45, 7) is 2.54. The van der Waals surface area contributed by atoms with E-state index >= 15 is 0 Å². The van der Waals surface area contributed by atoms with Crippen molar-refractivity contribution in [1.29, 1.82) is 0 Å². The molecule has 0 unspecified atom stereocenters. The van der Waals surface area contributed by atoms with Crippen molar-refractivity contribution >= 4 is 34.1 Å². The van der Waals surface area contributed by atoms with Crippen molar-refractivity contribution < 1.29 is 19.0 Å². The van der Waals surface area contributed by atoms with Gasteiger partial charge in [-0.2, -0.15) is 0 Å². The molecular formula is C24H26N4O4S2. The highest BCUT2D eigenvalue weighted by atomic mass is 32.2. The molecule has 1 atom stereocenters. The number of benzene rings is 2. The number of methoxy groups -OCH3 is 1. The first kappa shape index (κ1) is 22.8. The van der Waals surface area contributed by atoms with Crippen molar-refractivity contribution in [3.8, 4) is 17.2 Å². The van der Waals surface area contributed by atoms with Crippen LogP contribution in [0.25, 0.3) is 0 Å². The molecule has 0 saturated carbocycles. The number of hydrogen-bond acceptors (Lipinski definition) is 9. The average Bonchev–Trinajstić information content (AvgIpc) is 3.56. The first-order valence-corrected chi connectivity index (χ1v) is 13.0. The third-order valence-electron chi connectivity index (χ3n) is 5.85. The van der Waals surface area contributed by atoms with Crippen LogP contribution in [0.4, 0.5) is 5.13 Å². The van der Waals surface area contributed by atoms with E-state index in [4.69, 9.17) is 14.2 Å². The summed E-state index contributed by atoms with van der Waals surface area (Å²) >= 11 is 2.90. The Morgan fingerprint density at radius 3 is 2.82 bits per heavy atom. The van der Waals surface area contributed by atoms with Crippen molar-refractivity contribution in [2.75, 3.05) is 37.9 Å². The number of nitrogens with zero attached hydrogens (tertiary/aromatic N) is 3. The fourth-order valence-electron chi connectivity index (χ4n) is 4.15. The second-order valence-electron chi connectivity index (χ2n) is 8.01. The van der Waals surface area contributed by atoms with Gasteiger partial charge in [-0.3, -0.25) is 4.79 Å². The molecule has 2 aliphatic rings. The maximum atomic E-state index is 13.0. The molecule has 1 N–H and O–H groups in total. The molecule has 1 amide bonds. The van der Waals surface area contributed by atoms with E-state index in [1.54, 1.807) is 7.11 Å². The van der Waals surface area contributed by atoms with Gasteiger partial charge in [0.25, 0.3) is 0 Å². The molecule has 0 spiro atoms. The van der Waals surface area contributed by atoms with Gasteiger partial charge in [-0.05, 0) is 48.2 Å². The number of amides is 1. The van der Waals surface area contributed by atoms with Crippen molar-refractivity contribution in [2.24, 2.45) is 0 Å². The molecule has 1 aromatic heterocycles. The van der Waals surface area contributed by atoms with Crippen molar-refractivity contribution in [3.63, 3.8) is 0 Å². The summed E-state index contributed by atoms with van der Waals surface area (Å²) in [4.78, 5) is 15.0. The minimum absolute atomic E-state index is 0.0695. The van der Waals surface area contributed by atoms with Crippen LogP contribution in [-0.2, 0) is 11.3 Å². The molecule has 2 aliphatic heterocycles. The van der Waals surface area contributed by atoms with E-state index in [1.807, 2.05) is 47.4 Å². The Kier molecular flexibility index (Phi) is 7.05. The van der Waals surface area contributed by atoms with Gasteiger partial charge in [0.1, 0.15) is 19.0 Å². The molecule has 0 bridgehead atoms. The first-order valence-electron chi connectivity index (χ1n) is 11.2. The monoisotopic (exact) mass is 498 g/mol. The van der Waals surface area contributed by atoms with E-state index in [9.17, 15) is 4.79 Å². The van der Waals surface area contributed by atoms with E-state index in [-0.39, 0.29) is 11.9 Å². The zero-order valence-electron chi connectivity index (χ0n) is 18.9. The normalized spacial score (nSPS) is 17.0. The Bertz CT molecular complexity index is 1140. The summed E-state index contributed by atoms with van der Waals surface area (Å²) in [5, 5.41) is 12.5. The molecule has 8 nitrogen and oxygen atoms in total. The van der Waals surface area contributed by atoms with E-state index in [0.717, 1.165) is 57.2 Å². The summed E-state index contributed by atoms with van der Waals surface area (Å²) in [5.74, 6) is 2.83. The lowest BCUT2D eigenvalue weighted by molar-refractivity contribution is -0.129. The van der Waals surface area contributed by atoms with Gasteiger partial charge in [-0.1, -0.05) is 41.3 Å². The quantitative estimate of drug-likeness (QED) is 0.458. The van der Waals surface area contributed by atoms with E-state index in [0.29, 0.717) is 25.5 Å².